The average Bonchev–Trinajstić information content (AvgIpc) is 2.12. The second-order valence-electron chi connectivity index (χ2n) is 6.57. The zero-order chi connectivity index (χ0) is 14.0. The predicted molar refractivity (Wildman–Crippen MR) is 72.7 cm³/mol. The van der Waals surface area contributed by atoms with Gasteiger partial charge in [0.2, 0.25) is 5.96 Å². The van der Waals surface area contributed by atoms with Gasteiger partial charge in [-0.25, -0.2) is 9.69 Å². The lowest BCUT2D eigenvalue weighted by Crippen LogP contribution is -2.54. The van der Waals surface area contributed by atoms with E-state index in [9.17, 15) is 4.79 Å². The van der Waals surface area contributed by atoms with Gasteiger partial charge in [0.15, 0.2) is 0 Å². The van der Waals surface area contributed by atoms with E-state index in [4.69, 9.17) is 4.74 Å². The topological polar surface area (TPSA) is 53.9 Å². The molecule has 0 spiro atoms. The van der Waals surface area contributed by atoms with Gasteiger partial charge in [0.05, 0.1) is 0 Å². The van der Waals surface area contributed by atoms with Gasteiger partial charge in [0.1, 0.15) is 5.60 Å². The Labute approximate surface area is 110 Å². The molecule has 1 heterocycles. The van der Waals surface area contributed by atoms with Crippen LogP contribution in [0.15, 0.2) is 4.99 Å². The molecule has 1 aliphatic rings. The Kier molecular flexibility index (Phi) is 4.24. The number of rotatable bonds is 0. The van der Waals surface area contributed by atoms with Crippen molar-refractivity contribution in [1.29, 1.82) is 0 Å². The number of ether oxygens (including phenoxy) is 1. The molecule has 1 rings (SSSR count). The number of carbonyl (C=O) groups is 1. The number of amides is 1. The number of aliphatic imine (C=N–C) groups is 1. The number of hydrogen-bond donors (Lipinski definition) is 1. The highest BCUT2D eigenvalue weighted by atomic mass is 16.6. The number of guanidine groups is 1. The molecule has 1 aliphatic heterocycles. The van der Waals surface area contributed by atoms with Crippen LogP contribution in [0.2, 0.25) is 0 Å². The van der Waals surface area contributed by atoms with Gasteiger partial charge >= 0.3 is 6.09 Å². The molecular formula is C13H25N3O2. The van der Waals surface area contributed by atoms with Crippen molar-refractivity contribution < 1.29 is 9.53 Å². The molecule has 0 atom stereocenters. The van der Waals surface area contributed by atoms with Crippen LogP contribution in [0, 0.1) is 0 Å². The first-order valence-corrected chi connectivity index (χ1v) is 6.42. The molecule has 0 aromatic rings. The minimum Gasteiger partial charge on any atom is -0.443 e. The minimum absolute atomic E-state index is 0.129. The fourth-order valence-electron chi connectivity index (χ4n) is 1.54. The van der Waals surface area contributed by atoms with E-state index in [1.807, 2.05) is 41.5 Å². The van der Waals surface area contributed by atoms with E-state index in [0.29, 0.717) is 12.5 Å². The van der Waals surface area contributed by atoms with Gasteiger partial charge in [0.25, 0.3) is 0 Å². The largest absolute Gasteiger partial charge is 0.443 e. The molecule has 0 aliphatic carbocycles. The third-order valence-corrected chi connectivity index (χ3v) is 2.16. The third-order valence-electron chi connectivity index (χ3n) is 2.16. The summed E-state index contributed by atoms with van der Waals surface area (Å²) in [4.78, 5) is 18.1. The molecule has 5 nitrogen and oxygen atoms in total. The summed E-state index contributed by atoms with van der Waals surface area (Å²) < 4.78 is 5.39. The summed E-state index contributed by atoms with van der Waals surface area (Å²) >= 11 is 0. The summed E-state index contributed by atoms with van der Waals surface area (Å²) in [6, 6.07) is 0. The second-order valence-corrected chi connectivity index (χ2v) is 6.57. The van der Waals surface area contributed by atoms with Crippen LogP contribution in [0.25, 0.3) is 0 Å². The van der Waals surface area contributed by atoms with Crippen molar-refractivity contribution >= 4 is 12.1 Å². The molecule has 0 unspecified atom stereocenters. The van der Waals surface area contributed by atoms with E-state index in [1.165, 1.54) is 0 Å². The van der Waals surface area contributed by atoms with Gasteiger partial charge in [-0.3, -0.25) is 4.99 Å². The summed E-state index contributed by atoms with van der Waals surface area (Å²) in [6.45, 7) is 13.1. The summed E-state index contributed by atoms with van der Waals surface area (Å²) in [5, 5.41) is 3.25. The molecule has 18 heavy (non-hydrogen) atoms. The maximum absolute atomic E-state index is 12.1. The Morgan fingerprint density at radius 2 is 1.89 bits per heavy atom. The van der Waals surface area contributed by atoms with Gasteiger partial charge in [-0.15, -0.1) is 0 Å². The summed E-state index contributed by atoms with van der Waals surface area (Å²) in [6.07, 6.45) is 0.534. The SMILES string of the molecule is CC(C)(C)NC1=NCCCN1C(=O)OC(C)(C)C. The Hall–Kier alpha value is -1.26. The van der Waals surface area contributed by atoms with Crippen molar-refractivity contribution in [2.24, 2.45) is 4.99 Å². The van der Waals surface area contributed by atoms with Crippen molar-refractivity contribution in [3.63, 3.8) is 0 Å². The highest BCUT2D eigenvalue weighted by molar-refractivity contribution is 5.94. The van der Waals surface area contributed by atoms with Crippen molar-refractivity contribution in [2.45, 2.75) is 59.1 Å². The molecule has 1 N–H and O–H groups in total. The number of carbonyl (C=O) groups excluding carboxylic acids is 1. The van der Waals surface area contributed by atoms with Crippen LogP contribution < -0.4 is 5.32 Å². The van der Waals surface area contributed by atoms with Gasteiger partial charge in [-0.2, -0.15) is 0 Å². The lowest BCUT2D eigenvalue weighted by molar-refractivity contribution is 0.0355. The molecule has 0 aromatic heterocycles. The van der Waals surface area contributed by atoms with Crippen molar-refractivity contribution in [3.05, 3.63) is 0 Å². The van der Waals surface area contributed by atoms with E-state index in [2.05, 4.69) is 10.3 Å². The molecule has 104 valence electrons. The Morgan fingerprint density at radius 3 is 2.39 bits per heavy atom. The highest BCUT2D eigenvalue weighted by Gasteiger charge is 2.29. The Morgan fingerprint density at radius 1 is 1.28 bits per heavy atom. The Bertz CT molecular complexity index is 337. The first-order chi connectivity index (χ1) is 8.08. The van der Waals surface area contributed by atoms with Crippen LogP contribution in [0.4, 0.5) is 4.79 Å². The third kappa shape index (κ3) is 4.94. The first kappa shape index (κ1) is 14.8. The van der Waals surface area contributed by atoms with Crippen LogP contribution in [0.1, 0.15) is 48.0 Å². The predicted octanol–water partition coefficient (Wildman–Crippen LogP) is 2.37. The fourth-order valence-corrected chi connectivity index (χ4v) is 1.54. The van der Waals surface area contributed by atoms with Gasteiger partial charge in [-0.1, -0.05) is 0 Å². The molecule has 0 saturated heterocycles. The average molecular weight is 255 g/mol. The number of hydrogen-bond acceptors (Lipinski definition) is 4. The van der Waals surface area contributed by atoms with Crippen LogP contribution >= 0.6 is 0 Å². The van der Waals surface area contributed by atoms with Crippen LogP contribution in [0.5, 0.6) is 0 Å². The van der Waals surface area contributed by atoms with Crippen molar-refractivity contribution in [2.75, 3.05) is 13.1 Å². The molecular weight excluding hydrogens is 230 g/mol. The second kappa shape index (κ2) is 5.16. The van der Waals surface area contributed by atoms with E-state index in [-0.39, 0.29) is 11.6 Å². The lowest BCUT2D eigenvalue weighted by Gasteiger charge is -2.33. The zero-order valence-electron chi connectivity index (χ0n) is 12.3. The first-order valence-electron chi connectivity index (χ1n) is 6.42. The molecule has 1 amide bonds. The number of nitrogens with zero attached hydrogens (tertiary/aromatic N) is 2. The molecule has 0 saturated carbocycles. The van der Waals surface area contributed by atoms with E-state index in [0.717, 1.165) is 13.0 Å². The van der Waals surface area contributed by atoms with E-state index in [1.54, 1.807) is 4.90 Å². The highest BCUT2D eigenvalue weighted by Crippen LogP contribution is 2.13. The molecule has 0 bridgehead atoms. The summed E-state index contributed by atoms with van der Waals surface area (Å²) in [5.41, 5.74) is -0.613. The van der Waals surface area contributed by atoms with Gasteiger partial charge in [-0.05, 0) is 48.0 Å². The summed E-state index contributed by atoms with van der Waals surface area (Å²) in [7, 11) is 0. The maximum Gasteiger partial charge on any atom is 0.417 e. The van der Waals surface area contributed by atoms with E-state index < -0.39 is 5.60 Å². The lowest BCUT2D eigenvalue weighted by atomic mass is 10.1. The van der Waals surface area contributed by atoms with Crippen LogP contribution in [-0.2, 0) is 4.74 Å². The van der Waals surface area contributed by atoms with Gasteiger partial charge in [0, 0.05) is 18.6 Å². The molecule has 0 radical (unpaired) electrons. The molecule has 0 aromatic carbocycles. The van der Waals surface area contributed by atoms with E-state index >= 15 is 0 Å². The standard InChI is InChI=1S/C13H25N3O2/c1-12(2,3)15-10-14-8-7-9-16(10)11(17)18-13(4,5)6/h7-9H2,1-6H3,(H,14,15). The normalized spacial score (nSPS) is 17.2. The summed E-state index contributed by atoms with van der Waals surface area (Å²) in [5.74, 6) is 0.614. The fraction of sp³-hybridized carbons (Fsp3) is 0.846. The van der Waals surface area contributed by atoms with Gasteiger partial charge < -0.3 is 10.1 Å². The number of nitrogens with one attached hydrogen (secondary N) is 1. The maximum atomic E-state index is 12.1. The monoisotopic (exact) mass is 255 g/mol. The van der Waals surface area contributed by atoms with Crippen LogP contribution in [-0.4, -0.2) is 41.2 Å². The van der Waals surface area contributed by atoms with Crippen LogP contribution in [0.3, 0.4) is 0 Å². The molecule has 0 fully saturated rings. The molecule has 5 heteroatoms. The quantitative estimate of drug-likeness (QED) is 0.723. The van der Waals surface area contributed by atoms with Crippen molar-refractivity contribution in [3.8, 4) is 0 Å². The smallest absolute Gasteiger partial charge is 0.417 e. The zero-order valence-corrected chi connectivity index (χ0v) is 12.3. The Balaban J connectivity index is 2.76. The minimum atomic E-state index is -0.485. The van der Waals surface area contributed by atoms with Crippen molar-refractivity contribution in [1.82, 2.24) is 10.2 Å².